The Labute approximate surface area is 188 Å². The Morgan fingerprint density at radius 2 is 1.64 bits per heavy atom. The minimum atomic E-state index is -4.54. The van der Waals surface area contributed by atoms with Gasteiger partial charge in [-0.2, -0.15) is 13.2 Å². The zero-order valence-corrected chi connectivity index (χ0v) is 18.3. The normalized spacial score (nSPS) is 11.8. The number of benzene rings is 3. The van der Waals surface area contributed by atoms with Crippen LogP contribution in [0.4, 0.5) is 23.2 Å². The van der Waals surface area contributed by atoms with Crippen LogP contribution in [0.5, 0.6) is 0 Å². The van der Waals surface area contributed by atoms with E-state index in [-0.39, 0.29) is 22.7 Å². The van der Waals surface area contributed by atoms with E-state index in [1.54, 1.807) is 19.1 Å². The molecule has 174 valence electrons. The molecule has 3 aromatic carbocycles. The van der Waals surface area contributed by atoms with Gasteiger partial charge in [-0.25, -0.2) is 12.8 Å². The van der Waals surface area contributed by atoms with Crippen LogP contribution in [0.3, 0.4) is 0 Å². The highest BCUT2D eigenvalue weighted by molar-refractivity contribution is 7.92. The van der Waals surface area contributed by atoms with Crippen molar-refractivity contribution < 1.29 is 30.8 Å². The summed E-state index contributed by atoms with van der Waals surface area (Å²) in [6.07, 6.45) is -4.54. The van der Waals surface area contributed by atoms with Crippen molar-refractivity contribution in [2.75, 3.05) is 10.8 Å². The van der Waals surface area contributed by atoms with Crippen molar-refractivity contribution in [1.82, 2.24) is 5.32 Å². The fourth-order valence-electron chi connectivity index (χ4n) is 3.04. The monoisotopic (exact) mass is 480 g/mol. The third kappa shape index (κ3) is 5.89. The third-order valence-electron chi connectivity index (χ3n) is 4.76. The highest BCUT2D eigenvalue weighted by atomic mass is 32.2. The number of halogens is 4. The lowest BCUT2D eigenvalue weighted by atomic mass is 10.1. The molecule has 0 bridgehead atoms. The van der Waals surface area contributed by atoms with Crippen LogP contribution in [0.2, 0.25) is 0 Å². The Bertz CT molecular complexity index is 1240. The van der Waals surface area contributed by atoms with E-state index in [0.29, 0.717) is 4.31 Å². The van der Waals surface area contributed by atoms with Crippen molar-refractivity contribution >= 4 is 21.6 Å². The van der Waals surface area contributed by atoms with E-state index in [9.17, 15) is 30.8 Å². The molecule has 0 radical (unpaired) electrons. The van der Waals surface area contributed by atoms with Crippen molar-refractivity contribution in [2.24, 2.45) is 0 Å². The maximum atomic E-state index is 14.5. The van der Waals surface area contributed by atoms with E-state index in [4.69, 9.17) is 0 Å². The molecule has 0 heterocycles. The molecule has 0 aliphatic heterocycles. The molecular weight excluding hydrogens is 460 g/mol. The van der Waals surface area contributed by atoms with Crippen LogP contribution in [0, 0.1) is 12.7 Å². The summed E-state index contributed by atoms with van der Waals surface area (Å²) in [4.78, 5) is 12.4. The van der Waals surface area contributed by atoms with Gasteiger partial charge in [0.15, 0.2) is 0 Å². The molecule has 0 atom stereocenters. The fraction of sp³-hybridized carbons (Fsp3) is 0.174. The Morgan fingerprint density at radius 1 is 0.970 bits per heavy atom. The molecule has 0 aromatic heterocycles. The molecule has 0 spiro atoms. The SMILES string of the molecule is Cc1ccc(S(=O)(=O)N(CC(=O)NCc2cccc(C(F)(F)F)c2)c2ccccc2F)cc1. The van der Waals surface area contributed by atoms with Gasteiger partial charge in [0.2, 0.25) is 5.91 Å². The lowest BCUT2D eigenvalue weighted by Crippen LogP contribution is -2.41. The van der Waals surface area contributed by atoms with Crippen LogP contribution in [0.15, 0.2) is 77.7 Å². The number of nitrogens with zero attached hydrogens (tertiary/aromatic N) is 1. The van der Waals surface area contributed by atoms with Crippen LogP contribution in [-0.2, 0) is 27.5 Å². The molecular formula is C23H20F4N2O3S. The Morgan fingerprint density at radius 3 is 2.27 bits per heavy atom. The summed E-state index contributed by atoms with van der Waals surface area (Å²) in [5.74, 6) is -1.66. The van der Waals surface area contributed by atoms with Gasteiger partial charge in [-0.15, -0.1) is 0 Å². The van der Waals surface area contributed by atoms with Gasteiger partial charge >= 0.3 is 6.18 Å². The number of para-hydroxylation sites is 1. The molecule has 0 fully saturated rings. The summed E-state index contributed by atoms with van der Waals surface area (Å²) in [6, 6.07) is 15.3. The summed E-state index contributed by atoms with van der Waals surface area (Å²) in [5.41, 5.74) is -0.210. The van der Waals surface area contributed by atoms with Gasteiger partial charge in [0.05, 0.1) is 16.1 Å². The largest absolute Gasteiger partial charge is 0.416 e. The molecule has 0 unspecified atom stereocenters. The molecule has 3 rings (SSSR count). The number of anilines is 1. The average Bonchev–Trinajstić information content (AvgIpc) is 2.76. The summed E-state index contributed by atoms with van der Waals surface area (Å²) < 4.78 is 80.2. The van der Waals surface area contributed by atoms with Crippen LogP contribution in [0.1, 0.15) is 16.7 Å². The molecule has 0 aliphatic carbocycles. The second-order valence-corrected chi connectivity index (χ2v) is 9.11. The van der Waals surface area contributed by atoms with E-state index < -0.39 is 40.0 Å². The minimum Gasteiger partial charge on any atom is -0.350 e. The van der Waals surface area contributed by atoms with E-state index >= 15 is 0 Å². The summed E-state index contributed by atoms with van der Waals surface area (Å²) in [6.45, 7) is 0.737. The van der Waals surface area contributed by atoms with E-state index in [2.05, 4.69) is 5.32 Å². The molecule has 33 heavy (non-hydrogen) atoms. The summed E-state index contributed by atoms with van der Waals surface area (Å²) in [5, 5.41) is 2.40. The number of nitrogens with one attached hydrogen (secondary N) is 1. The molecule has 10 heteroatoms. The van der Waals surface area contributed by atoms with Crippen LogP contribution >= 0.6 is 0 Å². The number of hydrogen-bond acceptors (Lipinski definition) is 3. The first-order valence-electron chi connectivity index (χ1n) is 9.75. The lowest BCUT2D eigenvalue weighted by Gasteiger charge is -2.24. The number of amides is 1. The molecule has 0 aliphatic rings. The Hall–Kier alpha value is -3.40. The smallest absolute Gasteiger partial charge is 0.350 e. The van der Waals surface area contributed by atoms with Gasteiger partial charge in [0.25, 0.3) is 10.0 Å². The Balaban J connectivity index is 1.84. The van der Waals surface area contributed by atoms with E-state index in [1.165, 1.54) is 42.5 Å². The average molecular weight is 480 g/mol. The predicted octanol–water partition coefficient (Wildman–Crippen LogP) is 4.66. The molecule has 5 nitrogen and oxygen atoms in total. The summed E-state index contributed by atoms with van der Waals surface area (Å²) >= 11 is 0. The second-order valence-electron chi connectivity index (χ2n) is 7.25. The minimum absolute atomic E-state index is 0.137. The van der Waals surface area contributed by atoms with Crippen LogP contribution in [-0.4, -0.2) is 20.9 Å². The van der Waals surface area contributed by atoms with Gasteiger partial charge in [0.1, 0.15) is 12.4 Å². The lowest BCUT2D eigenvalue weighted by molar-refractivity contribution is -0.137. The Kier molecular flexibility index (Phi) is 7.06. The maximum Gasteiger partial charge on any atom is 0.416 e. The van der Waals surface area contributed by atoms with Gasteiger partial charge in [0, 0.05) is 6.54 Å². The van der Waals surface area contributed by atoms with Crippen molar-refractivity contribution in [2.45, 2.75) is 24.5 Å². The zero-order chi connectivity index (χ0) is 24.2. The number of carbonyl (C=O) groups is 1. The van der Waals surface area contributed by atoms with E-state index in [1.807, 2.05) is 0 Å². The molecule has 3 aromatic rings. The van der Waals surface area contributed by atoms with Crippen molar-refractivity contribution in [3.63, 3.8) is 0 Å². The maximum absolute atomic E-state index is 14.5. The third-order valence-corrected chi connectivity index (χ3v) is 6.54. The number of aryl methyl sites for hydroxylation is 1. The first-order valence-corrected chi connectivity index (χ1v) is 11.2. The number of rotatable bonds is 7. The van der Waals surface area contributed by atoms with Gasteiger partial charge in [-0.1, -0.05) is 42.0 Å². The molecule has 0 saturated carbocycles. The van der Waals surface area contributed by atoms with Crippen molar-refractivity contribution in [1.29, 1.82) is 0 Å². The van der Waals surface area contributed by atoms with Crippen molar-refractivity contribution in [3.05, 3.63) is 95.3 Å². The predicted molar refractivity (Wildman–Crippen MR) is 115 cm³/mol. The first-order chi connectivity index (χ1) is 15.5. The van der Waals surface area contributed by atoms with Gasteiger partial charge in [-0.3, -0.25) is 9.10 Å². The number of carbonyl (C=O) groups excluding carboxylic acids is 1. The molecule has 1 amide bonds. The second kappa shape index (κ2) is 9.62. The van der Waals surface area contributed by atoms with E-state index in [0.717, 1.165) is 23.8 Å². The zero-order valence-electron chi connectivity index (χ0n) is 17.4. The highest BCUT2D eigenvalue weighted by Gasteiger charge is 2.31. The molecule has 1 N–H and O–H groups in total. The molecule has 0 saturated heterocycles. The van der Waals surface area contributed by atoms with Gasteiger partial charge in [-0.05, 0) is 48.9 Å². The van der Waals surface area contributed by atoms with Crippen molar-refractivity contribution in [3.8, 4) is 0 Å². The number of alkyl halides is 3. The number of sulfonamides is 1. The number of hydrogen-bond donors (Lipinski definition) is 1. The quantitative estimate of drug-likeness (QED) is 0.500. The van der Waals surface area contributed by atoms with Crippen LogP contribution in [0.25, 0.3) is 0 Å². The van der Waals surface area contributed by atoms with Gasteiger partial charge < -0.3 is 5.32 Å². The topological polar surface area (TPSA) is 66.5 Å². The first kappa shape index (κ1) is 24.2. The fourth-order valence-corrected chi connectivity index (χ4v) is 4.46. The van der Waals surface area contributed by atoms with Crippen LogP contribution < -0.4 is 9.62 Å². The highest BCUT2D eigenvalue weighted by Crippen LogP contribution is 2.29. The standard InChI is InChI=1S/C23H20F4N2O3S/c1-16-9-11-19(12-10-16)33(31,32)29(21-8-3-2-7-20(21)24)15-22(30)28-14-17-5-4-6-18(13-17)23(25,26)27/h2-13H,14-15H2,1H3,(H,28,30). The summed E-state index contributed by atoms with van der Waals surface area (Å²) in [7, 11) is -4.31.